The number of benzene rings is 11. The van der Waals surface area contributed by atoms with E-state index in [1.807, 2.05) is 17.4 Å². The predicted octanol–water partition coefficient (Wildman–Crippen LogP) is 17.6. The minimum Gasteiger partial charge on any atom is -0.308 e. The molecule has 14 rings (SSSR count). The number of fused-ring (bicyclic) bond motifs is 10. The van der Waals surface area contributed by atoms with Crippen LogP contribution in [0.5, 0.6) is 0 Å². The minimum absolute atomic E-state index is 0.626. The Bertz CT molecular complexity index is 4230. The molecule has 5 heteroatoms. The number of aromatic nitrogens is 4. The first-order valence-electron chi connectivity index (χ1n) is 23.7. The van der Waals surface area contributed by atoms with Crippen molar-refractivity contribution < 1.29 is 0 Å². The van der Waals surface area contributed by atoms with Gasteiger partial charge in [-0.3, -0.25) is 0 Å². The molecule has 70 heavy (non-hydrogen) atoms. The molecule has 0 aliphatic carbocycles. The fraction of sp³-hybridized carbons (Fsp3) is 0. The molecule has 0 unspecified atom stereocenters. The van der Waals surface area contributed by atoms with E-state index in [2.05, 4.69) is 241 Å². The van der Waals surface area contributed by atoms with Gasteiger partial charge in [0.2, 0.25) is 0 Å². The number of hydrogen-bond acceptors (Lipinski definition) is 4. The second kappa shape index (κ2) is 16.3. The fourth-order valence-electron chi connectivity index (χ4n) is 10.4. The molecular weight excluding hydrogens is 869 g/mol. The average Bonchev–Trinajstić information content (AvgIpc) is 4.00. The van der Waals surface area contributed by atoms with Crippen LogP contribution in [-0.4, -0.2) is 19.5 Å². The first kappa shape index (κ1) is 40.1. The number of rotatable bonds is 7. The molecule has 0 amide bonds. The van der Waals surface area contributed by atoms with Crippen LogP contribution >= 0.6 is 11.3 Å². The second-order valence-corrected chi connectivity index (χ2v) is 19.0. The van der Waals surface area contributed by atoms with Gasteiger partial charge in [0, 0.05) is 42.9 Å². The Labute approximate surface area is 408 Å². The summed E-state index contributed by atoms with van der Waals surface area (Å²) in [6.45, 7) is 0. The molecule has 4 nitrogen and oxygen atoms in total. The molecule has 0 saturated carbocycles. The van der Waals surface area contributed by atoms with Gasteiger partial charge in [-0.05, 0) is 85.3 Å². The van der Waals surface area contributed by atoms with E-state index in [9.17, 15) is 0 Å². The Morgan fingerprint density at radius 1 is 0.286 bits per heavy atom. The lowest BCUT2D eigenvalue weighted by Crippen LogP contribution is -2.00. The first-order valence-corrected chi connectivity index (χ1v) is 24.5. The predicted molar refractivity (Wildman–Crippen MR) is 295 cm³/mol. The molecule has 326 valence electrons. The maximum Gasteiger partial charge on any atom is 0.164 e. The summed E-state index contributed by atoms with van der Waals surface area (Å²) in [5.74, 6) is 1.89. The van der Waals surface area contributed by atoms with Crippen molar-refractivity contribution in [2.75, 3.05) is 0 Å². The van der Waals surface area contributed by atoms with Crippen molar-refractivity contribution >= 4 is 74.9 Å². The molecule has 0 radical (unpaired) electrons. The van der Waals surface area contributed by atoms with E-state index in [-0.39, 0.29) is 0 Å². The highest BCUT2D eigenvalue weighted by Gasteiger charge is 2.21. The zero-order chi connectivity index (χ0) is 46.1. The van der Waals surface area contributed by atoms with Gasteiger partial charge in [0.25, 0.3) is 0 Å². The number of thiophene rings is 1. The van der Waals surface area contributed by atoms with Crippen molar-refractivity contribution in [3.8, 4) is 73.2 Å². The summed E-state index contributed by atoms with van der Waals surface area (Å²) in [4.78, 5) is 15.7. The molecule has 0 bridgehead atoms. The molecular formula is C65H40N4S. The van der Waals surface area contributed by atoms with Crippen LogP contribution in [0.2, 0.25) is 0 Å². The quantitative estimate of drug-likeness (QED) is 0.160. The summed E-state index contributed by atoms with van der Waals surface area (Å²) < 4.78 is 4.90. The molecule has 3 aromatic heterocycles. The topological polar surface area (TPSA) is 43.6 Å². The smallest absolute Gasteiger partial charge is 0.164 e. The van der Waals surface area contributed by atoms with E-state index in [4.69, 9.17) is 15.0 Å². The third-order valence-electron chi connectivity index (χ3n) is 13.9. The van der Waals surface area contributed by atoms with Gasteiger partial charge in [-0.1, -0.05) is 212 Å². The van der Waals surface area contributed by atoms with Gasteiger partial charge in [0.1, 0.15) is 0 Å². The summed E-state index contributed by atoms with van der Waals surface area (Å²) in [6, 6.07) is 86.9. The van der Waals surface area contributed by atoms with Crippen molar-refractivity contribution in [3.63, 3.8) is 0 Å². The molecule has 0 saturated heterocycles. The first-order chi connectivity index (χ1) is 34.7. The maximum atomic E-state index is 5.25. The molecule has 0 N–H and O–H groups in total. The van der Waals surface area contributed by atoms with Gasteiger partial charge in [0.15, 0.2) is 17.5 Å². The Morgan fingerprint density at radius 2 is 0.714 bits per heavy atom. The van der Waals surface area contributed by atoms with Gasteiger partial charge in [0.05, 0.1) is 21.4 Å². The fourth-order valence-corrected chi connectivity index (χ4v) is 11.7. The van der Waals surface area contributed by atoms with Crippen LogP contribution in [0.3, 0.4) is 0 Å². The Balaban J connectivity index is 0.905. The highest BCUT2D eigenvalue weighted by Crippen LogP contribution is 2.45. The summed E-state index contributed by atoms with van der Waals surface area (Å²) in [6.07, 6.45) is 0. The number of hydrogen-bond donors (Lipinski definition) is 0. The Kier molecular flexibility index (Phi) is 9.36. The zero-order valence-corrected chi connectivity index (χ0v) is 38.6. The zero-order valence-electron chi connectivity index (χ0n) is 37.8. The molecule has 0 aliphatic rings. The van der Waals surface area contributed by atoms with Crippen molar-refractivity contribution in [2.45, 2.75) is 0 Å². The minimum atomic E-state index is 0.626. The van der Waals surface area contributed by atoms with E-state index >= 15 is 0 Å². The standard InChI is InChI=1S/C65H40N4S/c1-3-13-41(14-4-1)43-25-27-44(28-26-43)45-29-31-48(32-30-45)63-66-64(50-20-11-19-49(39-50)42-15-5-2-6-16-42)68-65(67-63)51-33-36-54-55-23-12-24-58(62(55)70-59(54)40-51)69-56-37-34-46-17-7-9-21-52(46)60(56)61-53-22-10-8-18-47(53)35-38-57(61)69/h1-40H. The molecule has 14 aromatic rings. The molecule has 0 aliphatic heterocycles. The molecule has 3 heterocycles. The van der Waals surface area contributed by atoms with Gasteiger partial charge in [-0.25, -0.2) is 15.0 Å². The molecule has 0 atom stereocenters. The molecule has 0 spiro atoms. The van der Waals surface area contributed by atoms with E-state index in [0.717, 1.165) is 38.9 Å². The average molecular weight is 909 g/mol. The highest BCUT2D eigenvalue weighted by atomic mass is 32.1. The van der Waals surface area contributed by atoms with Crippen LogP contribution in [-0.2, 0) is 0 Å². The van der Waals surface area contributed by atoms with E-state index in [1.54, 1.807) is 0 Å². The van der Waals surface area contributed by atoms with Crippen molar-refractivity contribution in [1.29, 1.82) is 0 Å². The van der Waals surface area contributed by atoms with Crippen molar-refractivity contribution in [2.24, 2.45) is 0 Å². The summed E-state index contributed by atoms with van der Waals surface area (Å²) in [5.41, 5.74) is 13.3. The van der Waals surface area contributed by atoms with Crippen LogP contribution in [0.25, 0.3) is 137 Å². The summed E-state index contributed by atoms with van der Waals surface area (Å²) >= 11 is 1.83. The van der Waals surface area contributed by atoms with Gasteiger partial charge < -0.3 is 4.57 Å². The van der Waals surface area contributed by atoms with Crippen LogP contribution in [0.4, 0.5) is 0 Å². The van der Waals surface area contributed by atoms with Crippen LogP contribution < -0.4 is 0 Å². The van der Waals surface area contributed by atoms with Crippen LogP contribution in [0.15, 0.2) is 243 Å². The second-order valence-electron chi connectivity index (χ2n) is 17.9. The van der Waals surface area contributed by atoms with E-state index in [0.29, 0.717) is 17.5 Å². The van der Waals surface area contributed by atoms with E-state index in [1.165, 1.54) is 80.3 Å². The highest BCUT2D eigenvalue weighted by molar-refractivity contribution is 7.26. The third-order valence-corrected chi connectivity index (χ3v) is 15.0. The summed E-state index contributed by atoms with van der Waals surface area (Å²) in [5, 5.41) is 10.0. The lowest BCUT2D eigenvalue weighted by Gasteiger charge is -2.10. The van der Waals surface area contributed by atoms with Crippen molar-refractivity contribution in [1.82, 2.24) is 19.5 Å². The molecule has 0 fully saturated rings. The van der Waals surface area contributed by atoms with Crippen LogP contribution in [0.1, 0.15) is 0 Å². The number of nitrogens with zero attached hydrogens (tertiary/aromatic N) is 4. The lowest BCUT2D eigenvalue weighted by atomic mass is 9.99. The van der Waals surface area contributed by atoms with Gasteiger partial charge in [-0.2, -0.15) is 0 Å². The van der Waals surface area contributed by atoms with E-state index < -0.39 is 0 Å². The molecule has 11 aromatic carbocycles. The van der Waals surface area contributed by atoms with Gasteiger partial charge in [-0.15, -0.1) is 11.3 Å². The van der Waals surface area contributed by atoms with Crippen LogP contribution in [0, 0.1) is 0 Å². The van der Waals surface area contributed by atoms with Crippen molar-refractivity contribution in [3.05, 3.63) is 243 Å². The SMILES string of the molecule is c1ccc(-c2ccc(-c3ccc(-c4nc(-c5cccc(-c6ccccc6)c5)nc(-c5ccc6c(c5)sc5c(-n7c8ccc9ccccc9c8c8c9ccccc9ccc87)cccc56)n4)cc3)cc2)cc1. The maximum absolute atomic E-state index is 5.25. The monoisotopic (exact) mass is 908 g/mol. The van der Waals surface area contributed by atoms with Gasteiger partial charge >= 0.3 is 0 Å². The normalized spacial score (nSPS) is 11.7. The Hall–Kier alpha value is -9.03. The Morgan fingerprint density at radius 3 is 1.31 bits per heavy atom. The summed E-state index contributed by atoms with van der Waals surface area (Å²) in [7, 11) is 0. The lowest BCUT2D eigenvalue weighted by molar-refractivity contribution is 1.07. The largest absolute Gasteiger partial charge is 0.308 e. The third kappa shape index (κ3) is 6.70.